The topological polar surface area (TPSA) is 120 Å². The number of nitrogens with zero attached hydrogens (tertiary/aromatic N) is 1. The molecule has 1 aromatic heterocycles. The van der Waals surface area contributed by atoms with E-state index in [1.165, 1.54) is 12.4 Å². The van der Waals surface area contributed by atoms with Crippen molar-refractivity contribution >= 4 is 34.1 Å². The maximum absolute atomic E-state index is 13.5. The molecule has 3 aromatic carbocycles. The average Bonchev–Trinajstić information content (AvgIpc) is 3.35. The third kappa shape index (κ3) is 8.41. The quantitative estimate of drug-likeness (QED) is 0.111. The van der Waals surface area contributed by atoms with Crippen LogP contribution in [0.2, 0.25) is 0 Å². The Morgan fingerprint density at radius 3 is 2.46 bits per heavy atom. The molecule has 3 N–H and O–H groups in total. The van der Waals surface area contributed by atoms with E-state index in [1.54, 1.807) is 33.5 Å². The van der Waals surface area contributed by atoms with E-state index < -0.39 is 0 Å². The van der Waals surface area contributed by atoms with Crippen molar-refractivity contribution in [2.24, 2.45) is 5.92 Å². The highest BCUT2D eigenvalue weighted by atomic mass is 16.5. The number of methoxy groups -OCH3 is 3. The van der Waals surface area contributed by atoms with E-state index in [-0.39, 0.29) is 23.3 Å². The summed E-state index contributed by atoms with van der Waals surface area (Å²) in [6, 6.07) is 15.1. The van der Waals surface area contributed by atoms with Gasteiger partial charge in [0.15, 0.2) is 11.5 Å². The Kier molecular flexibility index (Phi) is 12.1. The maximum atomic E-state index is 13.5. The van der Waals surface area contributed by atoms with Gasteiger partial charge in [0.1, 0.15) is 0 Å². The van der Waals surface area contributed by atoms with Crippen LogP contribution in [0.5, 0.6) is 17.2 Å². The van der Waals surface area contributed by atoms with Gasteiger partial charge in [-0.3, -0.25) is 14.4 Å². The smallest absolute Gasteiger partial charge is 0.224 e. The lowest BCUT2D eigenvalue weighted by Gasteiger charge is -2.19. The molecule has 4 aromatic rings. The van der Waals surface area contributed by atoms with Crippen LogP contribution in [0, 0.1) is 5.92 Å². The van der Waals surface area contributed by atoms with Crippen LogP contribution in [-0.2, 0) is 22.6 Å². The largest absolute Gasteiger partial charge is 0.493 e. The van der Waals surface area contributed by atoms with Crippen LogP contribution in [0.25, 0.3) is 22.0 Å². The summed E-state index contributed by atoms with van der Waals surface area (Å²) >= 11 is 0. The van der Waals surface area contributed by atoms with Gasteiger partial charge < -0.3 is 34.7 Å². The van der Waals surface area contributed by atoms with Gasteiger partial charge in [0.25, 0.3) is 0 Å². The van der Waals surface area contributed by atoms with Crippen molar-refractivity contribution in [1.29, 1.82) is 0 Å². The molecule has 266 valence electrons. The second-order valence-electron chi connectivity index (χ2n) is 13.3. The molecule has 0 radical (unpaired) electrons. The van der Waals surface area contributed by atoms with E-state index in [0.29, 0.717) is 54.7 Å². The first-order valence-electron chi connectivity index (χ1n) is 17.5. The molecule has 1 atom stereocenters. The monoisotopic (exact) mass is 682 g/mol. The lowest BCUT2D eigenvalue weighted by Crippen LogP contribution is -2.26. The van der Waals surface area contributed by atoms with Crippen molar-refractivity contribution in [3.63, 3.8) is 0 Å². The average molecular weight is 683 g/mol. The molecular formula is C40H50N4O6. The Labute approximate surface area is 294 Å². The van der Waals surface area contributed by atoms with E-state index in [4.69, 9.17) is 14.2 Å². The summed E-state index contributed by atoms with van der Waals surface area (Å²) in [5.41, 5.74) is 5.57. The normalized spacial score (nSPS) is 13.6. The number of nitrogens with one attached hydrogen (secondary N) is 3. The molecule has 5 rings (SSSR count). The van der Waals surface area contributed by atoms with Gasteiger partial charge in [-0.1, -0.05) is 26.3 Å². The molecule has 50 heavy (non-hydrogen) atoms. The number of fused-ring (bicyclic) bond motifs is 4. The molecule has 0 bridgehead atoms. The number of ether oxygens (including phenoxy) is 3. The van der Waals surface area contributed by atoms with E-state index in [2.05, 4.69) is 52.7 Å². The Morgan fingerprint density at radius 1 is 0.940 bits per heavy atom. The molecule has 0 unspecified atom stereocenters. The van der Waals surface area contributed by atoms with Crippen molar-refractivity contribution in [2.75, 3.05) is 38.5 Å². The number of unbranched alkanes of at least 4 members (excludes halogenated alkanes) is 2. The number of aromatic nitrogens is 1. The number of aryl methyl sites for hydroxylation is 2. The fourth-order valence-electron chi connectivity index (χ4n) is 6.76. The van der Waals surface area contributed by atoms with Crippen LogP contribution in [0.4, 0.5) is 11.4 Å². The molecular weight excluding hydrogens is 632 g/mol. The molecule has 2 amide bonds. The Bertz CT molecular complexity index is 1900. The minimum Gasteiger partial charge on any atom is -0.493 e. The first kappa shape index (κ1) is 36.3. The predicted molar refractivity (Wildman–Crippen MR) is 200 cm³/mol. The lowest BCUT2D eigenvalue weighted by atomic mass is 9.95. The number of benzene rings is 2. The van der Waals surface area contributed by atoms with Crippen molar-refractivity contribution in [2.45, 2.75) is 78.3 Å². The van der Waals surface area contributed by atoms with Gasteiger partial charge in [-0.2, -0.15) is 0 Å². The first-order chi connectivity index (χ1) is 24.1. The maximum Gasteiger partial charge on any atom is 0.224 e. The van der Waals surface area contributed by atoms with E-state index in [9.17, 15) is 14.4 Å². The van der Waals surface area contributed by atoms with Crippen LogP contribution in [0.3, 0.4) is 0 Å². The van der Waals surface area contributed by atoms with Crippen LogP contribution in [0.1, 0.15) is 76.5 Å². The summed E-state index contributed by atoms with van der Waals surface area (Å²) in [6.07, 6.45) is 7.26. The molecule has 1 aliphatic carbocycles. The minimum atomic E-state index is -0.367. The lowest BCUT2D eigenvalue weighted by molar-refractivity contribution is -0.119. The van der Waals surface area contributed by atoms with Gasteiger partial charge in [0, 0.05) is 54.8 Å². The van der Waals surface area contributed by atoms with Gasteiger partial charge in [-0.25, -0.2) is 0 Å². The van der Waals surface area contributed by atoms with Gasteiger partial charge in [-0.15, -0.1) is 0 Å². The number of carbonyl (C=O) groups excluding carboxylic acids is 2. The predicted octanol–water partition coefficient (Wildman–Crippen LogP) is 7.47. The van der Waals surface area contributed by atoms with Gasteiger partial charge in [0.05, 0.1) is 33.1 Å². The van der Waals surface area contributed by atoms with E-state index in [0.717, 1.165) is 65.6 Å². The third-order valence-corrected chi connectivity index (χ3v) is 9.31. The molecule has 1 heterocycles. The highest BCUT2D eigenvalue weighted by Crippen LogP contribution is 2.50. The van der Waals surface area contributed by atoms with Gasteiger partial charge in [0.2, 0.25) is 23.0 Å². The fraction of sp³-hybridized carbons (Fsp3) is 0.425. The number of anilines is 2. The highest BCUT2D eigenvalue weighted by Gasteiger charge is 2.29. The summed E-state index contributed by atoms with van der Waals surface area (Å²) in [5, 5.41) is 10.5. The van der Waals surface area contributed by atoms with E-state index in [1.807, 2.05) is 24.3 Å². The second-order valence-corrected chi connectivity index (χ2v) is 13.3. The van der Waals surface area contributed by atoms with E-state index >= 15 is 0 Å². The summed E-state index contributed by atoms with van der Waals surface area (Å²) < 4.78 is 19.4. The van der Waals surface area contributed by atoms with Crippen molar-refractivity contribution in [3.8, 4) is 28.4 Å². The number of hydrogen-bond donors (Lipinski definition) is 3. The van der Waals surface area contributed by atoms with Crippen molar-refractivity contribution in [3.05, 3.63) is 76.1 Å². The minimum absolute atomic E-state index is 0.00587. The summed E-state index contributed by atoms with van der Waals surface area (Å²) in [6.45, 7) is 7.50. The highest BCUT2D eigenvalue weighted by molar-refractivity contribution is 5.94. The third-order valence-electron chi connectivity index (χ3n) is 9.31. The zero-order chi connectivity index (χ0) is 35.8. The number of hydrogen-bond acceptors (Lipinski definition) is 7. The van der Waals surface area contributed by atoms with Crippen LogP contribution in [0.15, 0.2) is 59.5 Å². The van der Waals surface area contributed by atoms with Gasteiger partial charge in [-0.05, 0) is 97.2 Å². The Hall–Kier alpha value is -4.99. The molecule has 10 heteroatoms. The van der Waals surface area contributed by atoms with Crippen LogP contribution in [-0.4, -0.2) is 44.3 Å². The summed E-state index contributed by atoms with van der Waals surface area (Å²) in [4.78, 5) is 38.5. The van der Waals surface area contributed by atoms with Crippen LogP contribution >= 0.6 is 0 Å². The van der Waals surface area contributed by atoms with Gasteiger partial charge >= 0.3 is 0 Å². The zero-order valence-electron chi connectivity index (χ0n) is 30.1. The molecule has 0 saturated heterocycles. The first-order valence-corrected chi connectivity index (χ1v) is 17.5. The standard InChI is InChI=1S/C40H50N4O6/c1-25(2)17-20-44-21-18-27-22-29(12-16-34(27)44)43-37(47)10-8-7-9-19-41-33-15-13-30-31(24-35(33)46)32(42-26(3)45)14-11-28-23-36(48-4)39(49-5)40(50-6)38(28)30/h12-13,15-16,18,21-25,32H,7-11,14,17,19-20H2,1-6H3,(H,41,46)(H,42,45)(H,43,47)/t32-/m0/s1. The Balaban J connectivity index is 1.22. The molecule has 10 nitrogen and oxygen atoms in total. The fourth-order valence-corrected chi connectivity index (χ4v) is 6.76. The summed E-state index contributed by atoms with van der Waals surface area (Å²) in [5.74, 6) is 2.00. The molecule has 0 fully saturated rings. The molecule has 0 spiro atoms. The molecule has 0 saturated carbocycles. The summed E-state index contributed by atoms with van der Waals surface area (Å²) in [7, 11) is 4.73. The zero-order valence-corrected chi connectivity index (χ0v) is 30.1. The second kappa shape index (κ2) is 16.6. The molecule has 0 aliphatic heterocycles. The van der Waals surface area contributed by atoms with Crippen molar-refractivity contribution < 1.29 is 23.8 Å². The SMILES string of the molecule is COc1cc2c(c(OC)c1OC)-c1ccc(NCCCCCC(=O)Nc3ccc4c(ccn4CCC(C)C)c3)c(=O)cc1[C@@H](NC(C)=O)CC2. The number of amides is 2. The van der Waals surface area contributed by atoms with Crippen LogP contribution < -0.4 is 35.6 Å². The Morgan fingerprint density at radius 2 is 1.74 bits per heavy atom. The molecule has 1 aliphatic rings. The van der Waals surface area contributed by atoms with Crippen molar-refractivity contribution in [1.82, 2.24) is 9.88 Å². The number of carbonyl (C=O) groups is 2. The number of rotatable bonds is 15.